The van der Waals surface area contributed by atoms with Crippen LogP contribution in [0.2, 0.25) is 0 Å². The number of hydrogen-bond donors (Lipinski definition) is 3. The molecule has 1 atom stereocenters. The Hall–Kier alpha value is -3.89. The molecule has 1 unspecified atom stereocenters. The van der Waals surface area contributed by atoms with Gasteiger partial charge in [-0.15, -0.1) is 0 Å². The molecule has 1 saturated heterocycles. The van der Waals surface area contributed by atoms with Gasteiger partial charge in [0.05, 0.1) is 18.5 Å². The number of nitrogens with zero attached hydrogens (tertiary/aromatic N) is 4. The summed E-state index contributed by atoms with van der Waals surface area (Å²) in [7, 11) is 3.75. The van der Waals surface area contributed by atoms with Gasteiger partial charge in [0.15, 0.2) is 5.82 Å². The van der Waals surface area contributed by atoms with Gasteiger partial charge in [-0.2, -0.15) is 0 Å². The second kappa shape index (κ2) is 13.6. The van der Waals surface area contributed by atoms with Crippen LogP contribution in [0.1, 0.15) is 46.3 Å². The van der Waals surface area contributed by atoms with Crippen LogP contribution in [0, 0.1) is 5.92 Å². The average molecular weight is 562 g/mol. The van der Waals surface area contributed by atoms with Gasteiger partial charge in [-0.3, -0.25) is 5.32 Å². The number of nitrogens with one attached hydrogen (secondary N) is 3. The Labute approximate surface area is 242 Å². The van der Waals surface area contributed by atoms with E-state index in [0.717, 1.165) is 41.5 Å². The minimum Gasteiger partial charge on any atom is -0.492 e. The number of benzene rings is 1. The van der Waals surface area contributed by atoms with Crippen LogP contribution < -0.4 is 20.7 Å². The van der Waals surface area contributed by atoms with Crippen molar-refractivity contribution in [3.05, 3.63) is 60.6 Å². The van der Waals surface area contributed by atoms with Crippen molar-refractivity contribution in [1.82, 2.24) is 24.8 Å². The van der Waals surface area contributed by atoms with Crippen molar-refractivity contribution in [2.75, 3.05) is 51.0 Å². The van der Waals surface area contributed by atoms with Gasteiger partial charge in [0, 0.05) is 42.0 Å². The summed E-state index contributed by atoms with van der Waals surface area (Å²) in [6.45, 7) is 12.6. The third-order valence-electron chi connectivity index (χ3n) is 6.75. The maximum atomic E-state index is 12.4. The number of amides is 2. The van der Waals surface area contributed by atoms with Gasteiger partial charge in [0.2, 0.25) is 0 Å². The van der Waals surface area contributed by atoms with Crippen molar-refractivity contribution in [3.63, 3.8) is 0 Å². The summed E-state index contributed by atoms with van der Waals surface area (Å²) in [5.74, 6) is 2.73. The quantitative estimate of drug-likeness (QED) is 0.231. The molecule has 3 aromatic heterocycles. The van der Waals surface area contributed by atoms with Crippen molar-refractivity contribution < 1.29 is 14.1 Å². The first-order valence-corrected chi connectivity index (χ1v) is 14.2. The predicted molar refractivity (Wildman–Crippen MR) is 164 cm³/mol. The highest BCUT2D eigenvalue weighted by Gasteiger charge is 2.20. The van der Waals surface area contributed by atoms with Gasteiger partial charge in [-0.25, -0.2) is 9.78 Å². The fourth-order valence-corrected chi connectivity index (χ4v) is 4.59. The number of imidazole rings is 1. The summed E-state index contributed by atoms with van der Waals surface area (Å²) in [5.41, 5.74) is 3.13. The van der Waals surface area contributed by atoms with Gasteiger partial charge >= 0.3 is 6.03 Å². The number of likely N-dealkylation sites (tertiary alicyclic amines) is 1. The number of carbonyl (C=O) groups excluding carboxylic acids is 1. The molecule has 1 aliphatic heterocycles. The molecule has 10 heteroatoms. The molecular weight excluding hydrogens is 518 g/mol. The summed E-state index contributed by atoms with van der Waals surface area (Å²) in [6.07, 6.45) is 6.28. The van der Waals surface area contributed by atoms with E-state index in [1.54, 1.807) is 6.07 Å². The van der Waals surface area contributed by atoms with E-state index in [-0.39, 0.29) is 11.4 Å². The maximum absolute atomic E-state index is 12.4. The number of anilines is 2. The Balaban J connectivity index is 0.00000124. The number of urea groups is 1. The summed E-state index contributed by atoms with van der Waals surface area (Å²) in [5, 5.41) is 12.2. The summed E-state index contributed by atoms with van der Waals surface area (Å²) in [6, 6.07) is 12.8. The lowest BCUT2D eigenvalue weighted by atomic mass is 9.93. The Bertz CT molecular complexity index is 1410. The van der Waals surface area contributed by atoms with Crippen LogP contribution in [0.4, 0.5) is 16.3 Å². The molecule has 4 heterocycles. The van der Waals surface area contributed by atoms with Gasteiger partial charge < -0.3 is 29.2 Å². The molecule has 4 aromatic rings. The van der Waals surface area contributed by atoms with Crippen LogP contribution in [0.25, 0.3) is 16.9 Å². The van der Waals surface area contributed by atoms with Gasteiger partial charge in [-0.1, -0.05) is 45.0 Å². The van der Waals surface area contributed by atoms with Crippen LogP contribution in [0.5, 0.6) is 5.75 Å². The van der Waals surface area contributed by atoms with Crippen LogP contribution in [-0.4, -0.2) is 65.8 Å². The largest absolute Gasteiger partial charge is 0.492 e. The Morgan fingerprint density at radius 2 is 1.85 bits per heavy atom. The number of aromatic nitrogens is 3. The third-order valence-corrected chi connectivity index (χ3v) is 6.75. The van der Waals surface area contributed by atoms with E-state index in [2.05, 4.69) is 32.9 Å². The second-order valence-corrected chi connectivity index (χ2v) is 11.6. The topological polar surface area (TPSA) is 109 Å². The zero-order valence-electron chi connectivity index (χ0n) is 25.0. The second-order valence-electron chi connectivity index (χ2n) is 11.6. The highest BCUT2D eigenvalue weighted by atomic mass is 16.5. The van der Waals surface area contributed by atoms with Gasteiger partial charge in [0.1, 0.15) is 17.2 Å². The molecule has 0 saturated carbocycles. The lowest BCUT2D eigenvalue weighted by molar-refractivity contribution is 0.259. The molecule has 5 rings (SSSR count). The van der Waals surface area contributed by atoms with Crippen molar-refractivity contribution in [3.8, 4) is 17.0 Å². The first kappa shape index (κ1) is 30.1. The zero-order valence-corrected chi connectivity index (χ0v) is 25.0. The molecule has 1 fully saturated rings. The predicted octanol–water partition coefficient (Wildman–Crippen LogP) is 5.88. The summed E-state index contributed by atoms with van der Waals surface area (Å²) < 4.78 is 13.3. The Morgan fingerprint density at radius 1 is 1.10 bits per heavy atom. The molecule has 1 aliphatic rings. The van der Waals surface area contributed by atoms with E-state index >= 15 is 0 Å². The van der Waals surface area contributed by atoms with Gasteiger partial charge in [-0.05, 0) is 63.7 Å². The summed E-state index contributed by atoms with van der Waals surface area (Å²) in [4.78, 5) is 19.6. The standard InChI is InChI=1S/C29H36N6O3.C2H7N/c1-20-12-14-34(17-20)13-5-15-37-23-10-11-27-31-24(19-35(27)18-23)21-6-8-22(9-7-21)30-28(36)32-26-16-25(38-33-26)29(2,3)4;1-3-2/h6-11,16,18-20H,5,12-15,17H2,1-4H3,(H2,30,32,33,36);3H,1-2H3. The van der Waals surface area contributed by atoms with E-state index in [1.807, 2.05) is 88.1 Å². The number of ether oxygens (including phenoxy) is 1. The molecule has 0 radical (unpaired) electrons. The molecular formula is C31H43N7O3. The number of hydrogen-bond acceptors (Lipinski definition) is 7. The number of rotatable bonds is 8. The fourth-order valence-electron chi connectivity index (χ4n) is 4.59. The fraction of sp³-hybridized carbons (Fsp3) is 0.452. The third kappa shape index (κ3) is 8.55. The van der Waals surface area contributed by atoms with Crippen molar-refractivity contribution >= 4 is 23.2 Å². The minimum atomic E-state index is -0.387. The van der Waals surface area contributed by atoms with E-state index in [4.69, 9.17) is 14.2 Å². The molecule has 10 nitrogen and oxygen atoms in total. The lowest BCUT2D eigenvalue weighted by Gasteiger charge is -2.15. The van der Waals surface area contributed by atoms with Crippen molar-refractivity contribution in [2.45, 2.75) is 46.0 Å². The Kier molecular flexibility index (Phi) is 10.0. The highest BCUT2D eigenvalue weighted by Crippen LogP contribution is 2.25. The van der Waals surface area contributed by atoms with Crippen molar-refractivity contribution in [1.29, 1.82) is 0 Å². The molecule has 0 bridgehead atoms. The average Bonchev–Trinajstić information content (AvgIpc) is 3.67. The molecule has 220 valence electrons. The molecule has 0 aliphatic carbocycles. The van der Waals surface area contributed by atoms with E-state index in [0.29, 0.717) is 23.9 Å². The maximum Gasteiger partial charge on any atom is 0.324 e. The van der Waals surface area contributed by atoms with E-state index < -0.39 is 0 Å². The lowest BCUT2D eigenvalue weighted by Crippen LogP contribution is -2.23. The number of carbonyl (C=O) groups is 1. The molecule has 1 aromatic carbocycles. The zero-order chi connectivity index (χ0) is 29.4. The highest BCUT2D eigenvalue weighted by molar-refractivity contribution is 5.99. The molecule has 0 spiro atoms. The van der Waals surface area contributed by atoms with Gasteiger partial charge in [0.25, 0.3) is 0 Å². The first-order valence-electron chi connectivity index (χ1n) is 14.2. The van der Waals surface area contributed by atoms with E-state index in [9.17, 15) is 4.79 Å². The minimum absolute atomic E-state index is 0.183. The number of fused-ring (bicyclic) bond motifs is 1. The summed E-state index contributed by atoms with van der Waals surface area (Å²) >= 11 is 0. The SMILES string of the molecule is CC1CCN(CCCOc2ccc3nc(-c4ccc(NC(=O)Nc5cc(C(C)(C)C)on5)cc4)cn3c2)C1.CNC. The molecule has 2 amide bonds. The van der Waals surface area contributed by atoms with Crippen LogP contribution >= 0.6 is 0 Å². The number of pyridine rings is 1. The van der Waals surface area contributed by atoms with Crippen LogP contribution in [-0.2, 0) is 5.41 Å². The van der Waals surface area contributed by atoms with Crippen molar-refractivity contribution in [2.24, 2.45) is 5.92 Å². The normalized spacial score (nSPS) is 15.4. The molecule has 3 N–H and O–H groups in total. The van der Waals surface area contributed by atoms with Crippen LogP contribution in [0.3, 0.4) is 0 Å². The molecule has 41 heavy (non-hydrogen) atoms. The monoisotopic (exact) mass is 561 g/mol. The smallest absolute Gasteiger partial charge is 0.324 e. The van der Waals surface area contributed by atoms with E-state index in [1.165, 1.54) is 19.5 Å². The Morgan fingerprint density at radius 3 is 2.51 bits per heavy atom. The first-order chi connectivity index (χ1) is 19.6. The van der Waals surface area contributed by atoms with Crippen LogP contribution in [0.15, 0.2) is 59.4 Å².